The Balaban J connectivity index is 2.32. The molecule has 0 amide bonds. The maximum Gasteiger partial charge on any atom is 0.135 e. The Hall–Kier alpha value is -1.33. The number of nitrogens with zero attached hydrogens (tertiary/aromatic N) is 2. The van der Waals surface area contributed by atoms with Gasteiger partial charge in [0.1, 0.15) is 17.5 Å². The lowest BCUT2D eigenvalue weighted by atomic mass is 10.2. The summed E-state index contributed by atoms with van der Waals surface area (Å²) < 4.78 is 0.803. The summed E-state index contributed by atoms with van der Waals surface area (Å²) in [6.45, 7) is 8.32. The molecule has 1 unspecified atom stereocenters. The van der Waals surface area contributed by atoms with Crippen molar-refractivity contribution >= 4 is 34.6 Å². The van der Waals surface area contributed by atoms with Gasteiger partial charge in [-0.15, -0.1) is 11.3 Å². The van der Waals surface area contributed by atoms with Gasteiger partial charge in [-0.3, -0.25) is 0 Å². The molecule has 0 radical (unpaired) electrons. The van der Waals surface area contributed by atoms with Crippen molar-refractivity contribution in [2.45, 2.75) is 39.7 Å². The van der Waals surface area contributed by atoms with Crippen LogP contribution in [0.3, 0.4) is 0 Å². The van der Waals surface area contributed by atoms with Crippen LogP contribution in [0.5, 0.6) is 0 Å². The van der Waals surface area contributed by atoms with Gasteiger partial charge in [-0.1, -0.05) is 25.4 Å². The molecule has 2 rings (SSSR count). The summed E-state index contributed by atoms with van der Waals surface area (Å²) >= 11 is 7.59. The van der Waals surface area contributed by atoms with Crippen LogP contribution in [0.25, 0.3) is 0 Å². The second kappa shape index (κ2) is 6.62. The van der Waals surface area contributed by atoms with Gasteiger partial charge in [0.2, 0.25) is 0 Å². The third-order valence-corrected chi connectivity index (χ3v) is 4.70. The van der Waals surface area contributed by atoms with E-state index >= 15 is 0 Å². The van der Waals surface area contributed by atoms with Crippen LogP contribution in [0.4, 0.5) is 11.6 Å². The molecule has 2 aromatic heterocycles. The van der Waals surface area contributed by atoms with Crippen LogP contribution in [0.1, 0.15) is 49.0 Å². The summed E-state index contributed by atoms with van der Waals surface area (Å²) in [6, 6.07) is 4.12. The van der Waals surface area contributed by atoms with E-state index in [1.54, 1.807) is 11.3 Å². The lowest BCUT2D eigenvalue weighted by molar-refractivity contribution is 0.768. The number of hydrogen-bond donors (Lipinski definition) is 2. The van der Waals surface area contributed by atoms with Crippen molar-refractivity contribution in [3.63, 3.8) is 0 Å². The number of hydrogen-bond acceptors (Lipinski definition) is 5. The van der Waals surface area contributed by atoms with E-state index in [0.29, 0.717) is 0 Å². The topological polar surface area (TPSA) is 49.8 Å². The molecular formula is C15H21ClN4S. The maximum absolute atomic E-state index is 6.01. The van der Waals surface area contributed by atoms with Crippen LogP contribution in [-0.2, 0) is 0 Å². The Morgan fingerprint density at radius 1 is 1.14 bits per heavy atom. The first kappa shape index (κ1) is 16.0. The fourth-order valence-corrected chi connectivity index (χ4v) is 3.08. The van der Waals surface area contributed by atoms with Crippen molar-refractivity contribution in [1.29, 1.82) is 0 Å². The average molecular weight is 325 g/mol. The van der Waals surface area contributed by atoms with Gasteiger partial charge in [0.25, 0.3) is 0 Å². The number of aromatic nitrogens is 2. The molecule has 2 N–H and O–H groups in total. The highest BCUT2D eigenvalue weighted by Crippen LogP contribution is 2.30. The smallest absolute Gasteiger partial charge is 0.135 e. The van der Waals surface area contributed by atoms with Crippen molar-refractivity contribution in [3.05, 3.63) is 32.7 Å². The largest absolute Gasteiger partial charge is 0.373 e. The van der Waals surface area contributed by atoms with Crippen LogP contribution in [0, 0.1) is 6.92 Å². The molecule has 1 atom stereocenters. The first-order chi connectivity index (χ1) is 9.92. The van der Waals surface area contributed by atoms with Gasteiger partial charge in [-0.2, -0.15) is 0 Å². The van der Waals surface area contributed by atoms with Gasteiger partial charge < -0.3 is 10.6 Å². The summed E-state index contributed by atoms with van der Waals surface area (Å²) in [5, 5.41) is 6.61. The number of thiophene rings is 1. The number of rotatable bonds is 5. The second-order valence-electron chi connectivity index (χ2n) is 5.32. The molecule has 114 valence electrons. The summed E-state index contributed by atoms with van der Waals surface area (Å²) in [5.41, 5.74) is 1.02. The lowest BCUT2D eigenvalue weighted by Crippen LogP contribution is -2.12. The van der Waals surface area contributed by atoms with Crippen LogP contribution in [0.2, 0.25) is 4.34 Å². The predicted molar refractivity (Wildman–Crippen MR) is 91.8 cm³/mol. The molecule has 2 aromatic rings. The van der Waals surface area contributed by atoms with Crippen molar-refractivity contribution in [2.75, 3.05) is 17.7 Å². The molecule has 21 heavy (non-hydrogen) atoms. The first-order valence-electron chi connectivity index (χ1n) is 7.00. The van der Waals surface area contributed by atoms with E-state index in [0.717, 1.165) is 27.4 Å². The number of anilines is 2. The van der Waals surface area contributed by atoms with Gasteiger partial charge in [0.05, 0.1) is 10.4 Å². The van der Waals surface area contributed by atoms with Gasteiger partial charge >= 0.3 is 0 Å². The van der Waals surface area contributed by atoms with Gasteiger partial charge in [0, 0.05) is 23.4 Å². The zero-order valence-electron chi connectivity index (χ0n) is 13.0. The first-order valence-corrected chi connectivity index (χ1v) is 8.19. The van der Waals surface area contributed by atoms with Gasteiger partial charge in [-0.05, 0) is 26.0 Å². The van der Waals surface area contributed by atoms with Crippen LogP contribution in [-0.4, -0.2) is 17.0 Å². The molecule has 0 fully saturated rings. The van der Waals surface area contributed by atoms with Crippen LogP contribution in [0.15, 0.2) is 12.1 Å². The Labute approximate surface area is 135 Å². The van der Waals surface area contributed by atoms with E-state index in [1.807, 2.05) is 26.1 Å². The zero-order chi connectivity index (χ0) is 15.6. The monoisotopic (exact) mass is 324 g/mol. The van der Waals surface area contributed by atoms with Crippen LogP contribution >= 0.6 is 22.9 Å². The molecular weight excluding hydrogens is 304 g/mol. The predicted octanol–water partition coefficient (Wildman–Crippen LogP) is 4.84. The summed E-state index contributed by atoms with van der Waals surface area (Å²) in [5.74, 6) is 2.86. The number of halogens is 1. The minimum absolute atomic E-state index is 0.154. The fourth-order valence-electron chi connectivity index (χ4n) is 2.01. The molecule has 6 heteroatoms. The minimum atomic E-state index is 0.154. The van der Waals surface area contributed by atoms with E-state index < -0.39 is 0 Å². The number of nitrogens with one attached hydrogen (secondary N) is 2. The Morgan fingerprint density at radius 3 is 2.33 bits per heavy atom. The minimum Gasteiger partial charge on any atom is -0.373 e. The molecule has 4 nitrogen and oxygen atoms in total. The van der Waals surface area contributed by atoms with E-state index in [4.69, 9.17) is 11.6 Å². The fraction of sp³-hybridized carbons (Fsp3) is 0.467. The SMILES string of the molecule is CNc1nc(C(C)C)nc(NC(C)c2ccc(Cl)s2)c1C. The van der Waals surface area contributed by atoms with Gasteiger partial charge in [0.15, 0.2) is 0 Å². The molecule has 0 bridgehead atoms. The zero-order valence-corrected chi connectivity index (χ0v) is 14.6. The molecule has 0 saturated carbocycles. The van der Waals surface area contributed by atoms with Gasteiger partial charge in [-0.25, -0.2) is 9.97 Å². The third kappa shape index (κ3) is 3.66. The van der Waals surface area contributed by atoms with Crippen molar-refractivity contribution in [2.24, 2.45) is 0 Å². The normalized spacial score (nSPS) is 12.5. The highest BCUT2D eigenvalue weighted by atomic mass is 35.5. The summed E-state index contributed by atoms with van der Waals surface area (Å²) in [4.78, 5) is 10.4. The second-order valence-corrected chi connectivity index (χ2v) is 7.06. The van der Waals surface area contributed by atoms with Crippen molar-refractivity contribution in [1.82, 2.24) is 9.97 Å². The molecule has 0 spiro atoms. The quantitative estimate of drug-likeness (QED) is 0.826. The molecule has 0 aliphatic heterocycles. The average Bonchev–Trinajstić information content (AvgIpc) is 2.87. The van der Waals surface area contributed by atoms with Crippen molar-refractivity contribution in [3.8, 4) is 0 Å². The van der Waals surface area contributed by atoms with E-state index in [9.17, 15) is 0 Å². The Morgan fingerprint density at radius 2 is 1.81 bits per heavy atom. The standard InChI is InChI=1S/C15H21ClN4S/c1-8(2)13-19-14(17-5)9(3)15(20-13)18-10(4)11-6-7-12(16)21-11/h6-8,10H,1-5H3,(H2,17,18,19,20). The molecule has 0 saturated heterocycles. The van der Waals surface area contributed by atoms with E-state index in [-0.39, 0.29) is 12.0 Å². The lowest BCUT2D eigenvalue weighted by Gasteiger charge is -2.18. The molecule has 0 aliphatic rings. The van der Waals surface area contributed by atoms with E-state index in [2.05, 4.69) is 41.4 Å². The molecule has 2 heterocycles. The highest BCUT2D eigenvalue weighted by molar-refractivity contribution is 7.16. The third-order valence-electron chi connectivity index (χ3n) is 3.29. The van der Waals surface area contributed by atoms with Crippen molar-refractivity contribution < 1.29 is 0 Å². The highest BCUT2D eigenvalue weighted by Gasteiger charge is 2.15. The maximum atomic E-state index is 6.01. The Bertz CT molecular complexity index is 624. The molecule has 0 aromatic carbocycles. The van der Waals surface area contributed by atoms with Crippen LogP contribution < -0.4 is 10.6 Å². The molecule has 0 aliphatic carbocycles. The Kier molecular flexibility index (Phi) is 5.06. The van der Waals surface area contributed by atoms with E-state index in [1.165, 1.54) is 4.88 Å². The summed E-state index contributed by atoms with van der Waals surface area (Å²) in [7, 11) is 1.88. The summed E-state index contributed by atoms with van der Waals surface area (Å²) in [6.07, 6.45) is 0.